The van der Waals surface area contributed by atoms with Crippen LogP contribution >= 0.6 is 11.6 Å². The maximum Gasteiger partial charge on any atom is 0.163 e. The Kier molecular flexibility index (Phi) is 3.14. The zero-order valence-electron chi connectivity index (χ0n) is 12.9. The lowest BCUT2D eigenvalue weighted by Crippen LogP contribution is -2.52. The number of nitrogens with one attached hydrogen (secondary N) is 2. The van der Waals surface area contributed by atoms with Gasteiger partial charge in [-0.05, 0) is 6.07 Å². The first-order valence-electron chi connectivity index (χ1n) is 8.02. The van der Waals surface area contributed by atoms with Gasteiger partial charge in [-0.15, -0.1) is 0 Å². The minimum absolute atomic E-state index is 0.325. The van der Waals surface area contributed by atoms with E-state index in [1.807, 2.05) is 30.6 Å². The molecule has 0 spiro atoms. The predicted molar refractivity (Wildman–Crippen MR) is 94.8 cm³/mol. The third kappa shape index (κ3) is 2.07. The van der Waals surface area contributed by atoms with Gasteiger partial charge >= 0.3 is 0 Å². The van der Waals surface area contributed by atoms with Gasteiger partial charge in [-0.25, -0.2) is 9.97 Å². The van der Waals surface area contributed by atoms with E-state index in [0.717, 1.165) is 54.3 Å². The van der Waals surface area contributed by atoms with Crippen molar-refractivity contribution in [3.8, 4) is 11.4 Å². The predicted octanol–water partition coefficient (Wildman–Crippen LogP) is 2.91. The maximum atomic E-state index is 6.26. The molecule has 0 aliphatic carbocycles. The van der Waals surface area contributed by atoms with E-state index in [1.165, 1.54) is 0 Å². The summed E-state index contributed by atoms with van der Waals surface area (Å²) in [4.78, 5) is 15.0. The Morgan fingerprint density at radius 2 is 2.29 bits per heavy atom. The van der Waals surface area contributed by atoms with Crippen LogP contribution in [0.2, 0.25) is 5.02 Å². The average Bonchev–Trinajstić information content (AvgIpc) is 3.07. The van der Waals surface area contributed by atoms with Gasteiger partial charge in [0, 0.05) is 30.2 Å². The zero-order chi connectivity index (χ0) is 16.1. The number of rotatable bonds is 1. The summed E-state index contributed by atoms with van der Waals surface area (Å²) in [6.07, 6.45) is 3.79. The minimum Gasteiger partial charge on any atom is -0.379 e. The number of nitrogens with zero attached hydrogens (tertiary/aromatic N) is 3. The summed E-state index contributed by atoms with van der Waals surface area (Å²) in [6, 6.07) is 6.18. The van der Waals surface area contributed by atoms with Gasteiger partial charge in [0.25, 0.3) is 0 Å². The molecular formula is C17H16ClN5O. The van der Waals surface area contributed by atoms with E-state index in [-0.39, 0.29) is 0 Å². The normalized spacial score (nSPS) is 19.7. The van der Waals surface area contributed by atoms with Gasteiger partial charge in [0.15, 0.2) is 11.6 Å². The number of hydrogen-bond donors (Lipinski definition) is 2. The maximum absolute atomic E-state index is 6.26. The summed E-state index contributed by atoms with van der Waals surface area (Å²) in [5, 5.41) is 5.14. The van der Waals surface area contributed by atoms with Crippen LogP contribution < -0.4 is 10.2 Å². The first kappa shape index (κ1) is 14.1. The second-order valence-corrected chi connectivity index (χ2v) is 6.51. The third-order valence-electron chi connectivity index (χ3n) is 4.70. The Bertz CT molecular complexity index is 924. The standard InChI is InChI=1S/C17H16ClN5O/c18-13-3-1-2-11-12(7-20-15(11)13)16-21-8-14-17(22-16)23-4-5-24-9-10(23)6-19-14/h1-3,7-8,10,19-20H,4-6,9H2. The van der Waals surface area contributed by atoms with Crippen molar-refractivity contribution in [2.45, 2.75) is 6.04 Å². The van der Waals surface area contributed by atoms with Crippen molar-refractivity contribution >= 4 is 34.0 Å². The molecule has 0 bridgehead atoms. The number of para-hydroxylation sites is 1. The van der Waals surface area contributed by atoms with Gasteiger partial charge in [-0.3, -0.25) is 0 Å². The Morgan fingerprint density at radius 3 is 3.25 bits per heavy atom. The lowest BCUT2D eigenvalue weighted by atomic mass is 10.1. The van der Waals surface area contributed by atoms with Crippen LogP contribution in [0.15, 0.2) is 30.6 Å². The van der Waals surface area contributed by atoms with E-state index in [2.05, 4.69) is 20.2 Å². The van der Waals surface area contributed by atoms with Crippen molar-refractivity contribution in [3.05, 3.63) is 35.6 Å². The van der Waals surface area contributed by atoms with Crippen LogP contribution in [0.25, 0.3) is 22.3 Å². The minimum atomic E-state index is 0.325. The van der Waals surface area contributed by atoms with Crippen molar-refractivity contribution in [2.75, 3.05) is 36.5 Å². The Morgan fingerprint density at radius 1 is 1.33 bits per heavy atom. The summed E-state index contributed by atoms with van der Waals surface area (Å²) in [7, 11) is 0. The molecule has 1 aromatic carbocycles. The molecule has 7 heteroatoms. The number of aromatic nitrogens is 3. The number of halogens is 1. The molecule has 1 fully saturated rings. The molecule has 4 heterocycles. The second kappa shape index (κ2) is 5.36. The molecule has 2 aliphatic rings. The number of morpholine rings is 1. The molecule has 3 aromatic rings. The second-order valence-electron chi connectivity index (χ2n) is 6.10. The van der Waals surface area contributed by atoms with Crippen LogP contribution in [0.3, 0.4) is 0 Å². The Hall–Kier alpha value is -2.31. The van der Waals surface area contributed by atoms with Crippen molar-refractivity contribution < 1.29 is 4.74 Å². The van der Waals surface area contributed by atoms with Crippen LogP contribution in [0, 0.1) is 0 Å². The summed E-state index contributed by atoms with van der Waals surface area (Å²) in [6.45, 7) is 3.18. The molecule has 24 heavy (non-hydrogen) atoms. The highest BCUT2D eigenvalue weighted by Crippen LogP contribution is 2.35. The quantitative estimate of drug-likeness (QED) is 0.712. The molecule has 2 aliphatic heterocycles. The topological polar surface area (TPSA) is 66.1 Å². The lowest BCUT2D eigenvalue weighted by molar-refractivity contribution is 0.0959. The molecule has 5 rings (SSSR count). The number of benzene rings is 1. The first-order valence-corrected chi connectivity index (χ1v) is 8.40. The fourth-order valence-electron chi connectivity index (χ4n) is 3.48. The summed E-state index contributed by atoms with van der Waals surface area (Å²) in [5.74, 6) is 1.66. The summed E-state index contributed by atoms with van der Waals surface area (Å²) >= 11 is 6.26. The van der Waals surface area contributed by atoms with E-state index < -0.39 is 0 Å². The lowest BCUT2D eigenvalue weighted by Gasteiger charge is -2.41. The third-order valence-corrected chi connectivity index (χ3v) is 5.02. The van der Waals surface area contributed by atoms with E-state index in [0.29, 0.717) is 16.9 Å². The molecule has 1 atom stereocenters. The van der Waals surface area contributed by atoms with Crippen molar-refractivity contribution in [1.29, 1.82) is 0 Å². The number of ether oxygens (including phenoxy) is 1. The van der Waals surface area contributed by atoms with Gasteiger partial charge in [-0.1, -0.05) is 23.7 Å². The van der Waals surface area contributed by atoms with Crippen molar-refractivity contribution in [3.63, 3.8) is 0 Å². The zero-order valence-corrected chi connectivity index (χ0v) is 13.7. The fourth-order valence-corrected chi connectivity index (χ4v) is 3.71. The smallest absolute Gasteiger partial charge is 0.163 e. The van der Waals surface area contributed by atoms with Crippen molar-refractivity contribution in [2.24, 2.45) is 0 Å². The highest BCUT2D eigenvalue weighted by molar-refractivity contribution is 6.35. The average molecular weight is 342 g/mol. The van der Waals surface area contributed by atoms with Gasteiger partial charge in [0.1, 0.15) is 0 Å². The van der Waals surface area contributed by atoms with Gasteiger partial charge in [0.05, 0.1) is 41.7 Å². The largest absolute Gasteiger partial charge is 0.379 e. The van der Waals surface area contributed by atoms with E-state index in [9.17, 15) is 0 Å². The molecule has 2 aromatic heterocycles. The monoisotopic (exact) mass is 341 g/mol. The summed E-state index contributed by atoms with van der Waals surface area (Å²) in [5.41, 5.74) is 2.86. The molecule has 2 N–H and O–H groups in total. The van der Waals surface area contributed by atoms with Crippen LogP contribution in [-0.4, -0.2) is 47.3 Å². The van der Waals surface area contributed by atoms with Gasteiger partial charge < -0.3 is 19.9 Å². The summed E-state index contributed by atoms with van der Waals surface area (Å²) < 4.78 is 5.58. The Balaban J connectivity index is 1.63. The highest BCUT2D eigenvalue weighted by Gasteiger charge is 2.30. The highest BCUT2D eigenvalue weighted by atomic mass is 35.5. The van der Waals surface area contributed by atoms with Crippen LogP contribution in [0.1, 0.15) is 0 Å². The number of H-pyrrole nitrogens is 1. The number of hydrogen-bond acceptors (Lipinski definition) is 5. The number of anilines is 2. The molecular weight excluding hydrogens is 326 g/mol. The van der Waals surface area contributed by atoms with Crippen LogP contribution in [0.5, 0.6) is 0 Å². The van der Waals surface area contributed by atoms with Crippen molar-refractivity contribution in [1.82, 2.24) is 15.0 Å². The van der Waals surface area contributed by atoms with Gasteiger partial charge in [-0.2, -0.15) is 0 Å². The Labute approximate surface area is 143 Å². The number of aromatic amines is 1. The van der Waals surface area contributed by atoms with E-state index >= 15 is 0 Å². The molecule has 0 radical (unpaired) electrons. The fraction of sp³-hybridized carbons (Fsp3) is 0.294. The molecule has 1 unspecified atom stereocenters. The van der Waals surface area contributed by atoms with Crippen LogP contribution in [0.4, 0.5) is 11.5 Å². The van der Waals surface area contributed by atoms with E-state index in [4.69, 9.17) is 21.3 Å². The molecule has 6 nitrogen and oxygen atoms in total. The van der Waals surface area contributed by atoms with Crippen LogP contribution in [-0.2, 0) is 4.74 Å². The molecule has 0 saturated carbocycles. The molecule has 1 saturated heterocycles. The van der Waals surface area contributed by atoms with Gasteiger partial charge in [0.2, 0.25) is 0 Å². The first-order chi connectivity index (χ1) is 11.8. The molecule has 122 valence electrons. The number of fused-ring (bicyclic) bond motifs is 4. The SMILES string of the molecule is Clc1cccc2c(-c3ncc4c(n3)N3CCOCC3CN4)c[nH]c12. The van der Waals surface area contributed by atoms with E-state index in [1.54, 1.807) is 0 Å². The molecule has 0 amide bonds.